The molecular formula is C28H39N3O7S. The van der Waals surface area contributed by atoms with Gasteiger partial charge in [0, 0.05) is 0 Å². The molecule has 3 amide bonds. The topological polar surface area (TPSA) is 149 Å². The van der Waals surface area contributed by atoms with Crippen LogP contribution in [0.2, 0.25) is 0 Å². The molecule has 3 aliphatic rings. The first-order valence-electron chi connectivity index (χ1n) is 13.3. The Morgan fingerprint density at radius 1 is 1.31 bits per heavy atom. The first kappa shape index (κ1) is 30.6. The van der Waals surface area contributed by atoms with Crippen molar-refractivity contribution in [3.8, 4) is 0 Å². The lowest BCUT2D eigenvalue weighted by Gasteiger charge is -2.29. The van der Waals surface area contributed by atoms with Gasteiger partial charge in [-0.25, -0.2) is 4.79 Å². The molecule has 0 bridgehead atoms. The van der Waals surface area contributed by atoms with Gasteiger partial charge in [-0.3, -0.25) is 14.4 Å². The molecule has 0 radical (unpaired) electrons. The Labute approximate surface area is 234 Å². The number of aliphatic carboxylic acids is 1. The minimum atomic E-state index is -1.84. The number of hydrogen-bond donors (Lipinski definition) is 5. The molecule has 2 heterocycles. The number of rotatable bonds is 12. The van der Waals surface area contributed by atoms with E-state index in [4.69, 9.17) is 4.74 Å². The summed E-state index contributed by atoms with van der Waals surface area (Å²) in [6, 6.07) is -2.11. The number of carboxylic acid groups (broad SMARTS) is 1. The number of amides is 3. The van der Waals surface area contributed by atoms with E-state index in [9.17, 15) is 29.4 Å². The van der Waals surface area contributed by atoms with Crippen LogP contribution in [0.3, 0.4) is 0 Å². The normalized spacial score (nSPS) is 26.9. The summed E-state index contributed by atoms with van der Waals surface area (Å²) in [5.41, 5.74) is 1.14. The molecule has 0 saturated carbocycles. The van der Waals surface area contributed by atoms with Crippen LogP contribution < -0.4 is 10.6 Å². The standard InChI is InChI=1S/C28H39N3O7S/c1-15(2)14-20(28(36)37)29-27(35)22(33)25-30-26(34)17(4)31(25)21(32)11-6-5-8-16(3)23-24(38-23)18-9-7-10-19(39)13-12-18/h6-7,9-12,15-17,20,22-25,33,39H,5,8,13-14H2,1-4H3,(H,29,35)(H,30,34)(H,36,37)/b11-6+/t16-,17+,20-,22+,23?,24?,25?/m0/s1. The van der Waals surface area contributed by atoms with Gasteiger partial charge in [-0.05, 0) is 61.0 Å². The highest BCUT2D eigenvalue weighted by Crippen LogP contribution is 2.38. The number of carbonyl (C=O) groups is 4. The zero-order valence-corrected chi connectivity index (χ0v) is 23.6. The van der Waals surface area contributed by atoms with Crippen molar-refractivity contribution in [3.63, 3.8) is 0 Å². The Hall–Kier alpha value is -2.89. The van der Waals surface area contributed by atoms with Crippen molar-refractivity contribution < 1.29 is 34.1 Å². The van der Waals surface area contributed by atoms with Crippen LogP contribution in [0.4, 0.5) is 0 Å². The van der Waals surface area contributed by atoms with Gasteiger partial charge >= 0.3 is 5.97 Å². The number of carboxylic acids is 1. The Balaban J connectivity index is 1.53. The third kappa shape index (κ3) is 8.06. The number of aliphatic hydroxyl groups is 1. The van der Waals surface area contributed by atoms with Gasteiger partial charge in [0.2, 0.25) is 11.8 Å². The van der Waals surface area contributed by atoms with Crippen molar-refractivity contribution in [1.82, 2.24) is 15.5 Å². The van der Waals surface area contributed by atoms with Crippen molar-refractivity contribution in [3.05, 3.63) is 46.9 Å². The van der Waals surface area contributed by atoms with Gasteiger partial charge in [-0.15, -0.1) is 12.6 Å². The van der Waals surface area contributed by atoms with E-state index in [2.05, 4.69) is 36.3 Å². The Bertz CT molecular complexity index is 1080. The maximum Gasteiger partial charge on any atom is 0.326 e. The molecule has 3 rings (SSSR count). The molecule has 39 heavy (non-hydrogen) atoms. The molecule has 4 N–H and O–H groups in total. The highest BCUT2D eigenvalue weighted by molar-refractivity contribution is 7.84. The molecule has 0 spiro atoms. The molecule has 1 aliphatic carbocycles. The van der Waals surface area contributed by atoms with E-state index < -0.39 is 48.0 Å². The lowest BCUT2D eigenvalue weighted by atomic mass is 9.96. The molecular weight excluding hydrogens is 522 g/mol. The van der Waals surface area contributed by atoms with Crippen molar-refractivity contribution in [2.45, 2.75) is 89.9 Å². The van der Waals surface area contributed by atoms with Crippen molar-refractivity contribution in [2.75, 3.05) is 0 Å². The Morgan fingerprint density at radius 2 is 2.03 bits per heavy atom. The van der Waals surface area contributed by atoms with Crippen LogP contribution in [0.15, 0.2) is 46.9 Å². The number of nitrogens with one attached hydrogen (secondary N) is 2. The van der Waals surface area contributed by atoms with Crippen LogP contribution >= 0.6 is 12.6 Å². The van der Waals surface area contributed by atoms with E-state index >= 15 is 0 Å². The number of thiol groups is 1. The fraction of sp³-hybridized carbons (Fsp3) is 0.571. The number of carbonyl (C=O) groups excluding carboxylic acids is 3. The van der Waals surface area contributed by atoms with Gasteiger partial charge in [0.05, 0.1) is 6.10 Å². The van der Waals surface area contributed by atoms with Gasteiger partial charge in [0.15, 0.2) is 6.10 Å². The second-order valence-electron chi connectivity index (χ2n) is 10.8. The second kappa shape index (κ2) is 13.5. The van der Waals surface area contributed by atoms with E-state index in [1.165, 1.54) is 13.0 Å². The fourth-order valence-corrected chi connectivity index (χ4v) is 4.99. The number of allylic oxidation sites excluding steroid dienone is 5. The molecule has 2 fully saturated rings. The molecule has 11 heteroatoms. The van der Waals surface area contributed by atoms with Crippen LogP contribution in [-0.4, -0.2) is 75.4 Å². The number of epoxide rings is 1. The highest BCUT2D eigenvalue weighted by Gasteiger charge is 2.46. The molecule has 0 aromatic rings. The van der Waals surface area contributed by atoms with Crippen LogP contribution in [0.25, 0.3) is 0 Å². The Morgan fingerprint density at radius 3 is 2.69 bits per heavy atom. The molecule has 0 aromatic heterocycles. The quantitative estimate of drug-likeness (QED) is 0.139. The summed E-state index contributed by atoms with van der Waals surface area (Å²) in [5.74, 6) is -3.01. The SMILES string of the molecule is CC(C)C[C@H](NC(=O)[C@H](O)C1NC(=O)[C@@H](C)N1C(=O)/C=C/CC[C@H](C)C1OC1C1=CCC(S)=CC=C1)C(=O)O. The average Bonchev–Trinajstić information content (AvgIpc) is 3.64. The van der Waals surface area contributed by atoms with E-state index in [0.717, 1.165) is 28.2 Å². The number of hydrogen-bond acceptors (Lipinski definition) is 7. The summed E-state index contributed by atoms with van der Waals surface area (Å²) >= 11 is 4.40. The smallest absolute Gasteiger partial charge is 0.326 e. The van der Waals surface area contributed by atoms with Crippen LogP contribution in [0.1, 0.15) is 53.4 Å². The molecule has 7 atom stereocenters. The summed E-state index contributed by atoms with van der Waals surface area (Å²) in [7, 11) is 0. The summed E-state index contributed by atoms with van der Waals surface area (Å²) in [4.78, 5) is 51.5. The number of nitrogens with zero attached hydrogens (tertiary/aromatic N) is 1. The monoisotopic (exact) mass is 561 g/mol. The predicted molar refractivity (Wildman–Crippen MR) is 148 cm³/mol. The summed E-state index contributed by atoms with van der Waals surface area (Å²) in [5, 5.41) is 24.8. The van der Waals surface area contributed by atoms with Crippen LogP contribution in [0, 0.1) is 11.8 Å². The maximum absolute atomic E-state index is 13.0. The van der Waals surface area contributed by atoms with Gasteiger partial charge < -0.3 is 30.5 Å². The van der Waals surface area contributed by atoms with E-state index in [-0.39, 0.29) is 30.5 Å². The fourth-order valence-electron chi connectivity index (χ4n) is 4.81. The van der Waals surface area contributed by atoms with Gasteiger partial charge in [-0.2, -0.15) is 0 Å². The molecule has 0 aromatic carbocycles. The summed E-state index contributed by atoms with van der Waals surface area (Å²) in [6.45, 7) is 7.22. The van der Waals surface area contributed by atoms with Crippen molar-refractivity contribution in [1.29, 1.82) is 0 Å². The zero-order valence-electron chi connectivity index (χ0n) is 22.7. The first-order chi connectivity index (χ1) is 18.4. The lowest BCUT2D eigenvalue weighted by molar-refractivity contribution is -0.146. The van der Waals surface area contributed by atoms with Gasteiger partial charge in [-0.1, -0.05) is 51.2 Å². The maximum atomic E-state index is 13.0. The van der Waals surface area contributed by atoms with Crippen molar-refractivity contribution >= 4 is 36.3 Å². The Kier molecular flexibility index (Phi) is 10.6. The lowest BCUT2D eigenvalue weighted by Crippen LogP contribution is -2.57. The predicted octanol–water partition coefficient (Wildman–Crippen LogP) is 2.08. The molecule has 214 valence electrons. The minimum Gasteiger partial charge on any atom is -0.480 e. The first-order valence-corrected chi connectivity index (χ1v) is 13.8. The van der Waals surface area contributed by atoms with Gasteiger partial charge in [0.25, 0.3) is 5.91 Å². The molecule has 3 unspecified atom stereocenters. The largest absolute Gasteiger partial charge is 0.480 e. The molecule has 2 saturated heterocycles. The third-order valence-corrected chi connectivity index (χ3v) is 7.45. The molecule has 10 nitrogen and oxygen atoms in total. The van der Waals surface area contributed by atoms with Crippen molar-refractivity contribution in [2.24, 2.45) is 11.8 Å². The van der Waals surface area contributed by atoms with Crippen LogP contribution in [-0.2, 0) is 23.9 Å². The average molecular weight is 562 g/mol. The van der Waals surface area contributed by atoms with Gasteiger partial charge in [0.1, 0.15) is 24.4 Å². The van der Waals surface area contributed by atoms with Crippen LogP contribution in [0.5, 0.6) is 0 Å². The van der Waals surface area contributed by atoms with E-state index in [1.807, 2.05) is 32.1 Å². The summed E-state index contributed by atoms with van der Waals surface area (Å²) < 4.78 is 5.91. The minimum absolute atomic E-state index is 0.0117. The third-order valence-electron chi connectivity index (χ3n) is 7.12. The highest BCUT2D eigenvalue weighted by atomic mass is 32.1. The molecule has 2 aliphatic heterocycles. The zero-order chi connectivity index (χ0) is 28.9. The van der Waals surface area contributed by atoms with E-state index in [1.54, 1.807) is 6.08 Å². The number of aliphatic hydroxyl groups excluding tert-OH is 1. The summed E-state index contributed by atoms with van der Waals surface area (Å²) in [6.07, 6.45) is 10.5. The number of ether oxygens (including phenoxy) is 1. The second-order valence-corrected chi connectivity index (χ2v) is 11.3. The van der Waals surface area contributed by atoms with E-state index in [0.29, 0.717) is 6.42 Å².